The van der Waals surface area contributed by atoms with Gasteiger partial charge in [-0.3, -0.25) is 9.36 Å². The molecule has 4 aromatic rings. The normalized spacial score (nSPS) is 13.8. The van der Waals surface area contributed by atoms with Gasteiger partial charge in [-0.1, -0.05) is 42.5 Å². The summed E-state index contributed by atoms with van der Waals surface area (Å²) in [6, 6.07) is 23.4. The number of hydrogen-bond acceptors (Lipinski definition) is 6. The third kappa shape index (κ3) is 4.62. The topological polar surface area (TPSA) is 67.7 Å². The SMILES string of the molecule is COC(=O)c1ccc2c(=O)n(Cc3ccccc3)c(N3CCN(c4cccc(C)c4)CC3)nc2c1. The largest absolute Gasteiger partial charge is 0.465 e. The van der Waals surface area contributed by atoms with Crippen molar-refractivity contribution >= 4 is 28.5 Å². The van der Waals surface area contributed by atoms with Gasteiger partial charge in [-0.05, 0) is 48.4 Å². The van der Waals surface area contributed by atoms with Crippen LogP contribution in [0.3, 0.4) is 0 Å². The number of aromatic nitrogens is 2. The van der Waals surface area contributed by atoms with Crippen LogP contribution < -0.4 is 15.4 Å². The highest BCUT2D eigenvalue weighted by atomic mass is 16.5. The van der Waals surface area contributed by atoms with Gasteiger partial charge in [0.1, 0.15) is 0 Å². The number of hydrogen-bond donors (Lipinski definition) is 0. The fourth-order valence-electron chi connectivity index (χ4n) is 4.59. The number of carbonyl (C=O) groups excluding carboxylic acids is 1. The Kier molecular flexibility index (Phi) is 6.23. The van der Waals surface area contributed by atoms with Gasteiger partial charge in [-0.25, -0.2) is 9.78 Å². The van der Waals surface area contributed by atoms with Crippen molar-refractivity contribution in [2.75, 3.05) is 43.1 Å². The summed E-state index contributed by atoms with van der Waals surface area (Å²) in [6.07, 6.45) is 0. The predicted molar refractivity (Wildman–Crippen MR) is 138 cm³/mol. The summed E-state index contributed by atoms with van der Waals surface area (Å²) in [5.41, 5.74) is 4.23. The molecule has 2 heterocycles. The van der Waals surface area contributed by atoms with Crippen LogP contribution in [0.5, 0.6) is 0 Å². The van der Waals surface area contributed by atoms with E-state index in [1.165, 1.54) is 18.4 Å². The molecular weight excluding hydrogens is 440 g/mol. The van der Waals surface area contributed by atoms with Gasteiger partial charge in [-0.2, -0.15) is 0 Å². The summed E-state index contributed by atoms with van der Waals surface area (Å²) < 4.78 is 6.61. The number of carbonyl (C=O) groups is 1. The predicted octanol–water partition coefficient (Wildman–Crippen LogP) is 3.87. The molecule has 0 radical (unpaired) electrons. The number of nitrogens with zero attached hydrogens (tertiary/aromatic N) is 4. The van der Waals surface area contributed by atoms with Gasteiger partial charge < -0.3 is 14.5 Å². The summed E-state index contributed by atoms with van der Waals surface area (Å²) in [5.74, 6) is 0.174. The standard InChI is InChI=1S/C28H28N4O3/c1-20-7-6-10-23(17-20)30-13-15-31(16-14-30)28-29-25-18-22(27(34)35-2)11-12-24(25)26(33)32(28)19-21-8-4-3-5-9-21/h3-12,17-18H,13-16,19H2,1-2H3. The first kappa shape index (κ1) is 22.7. The number of rotatable bonds is 5. The highest BCUT2D eigenvalue weighted by molar-refractivity contribution is 5.94. The molecule has 0 spiro atoms. The third-order valence-corrected chi connectivity index (χ3v) is 6.47. The Balaban J connectivity index is 1.53. The molecule has 35 heavy (non-hydrogen) atoms. The molecule has 0 bridgehead atoms. The van der Waals surface area contributed by atoms with E-state index in [-0.39, 0.29) is 5.56 Å². The van der Waals surface area contributed by atoms with E-state index in [1.54, 1.807) is 22.8 Å². The lowest BCUT2D eigenvalue weighted by molar-refractivity contribution is 0.0601. The lowest BCUT2D eigenvalue weighted by Gasteiger charge is -2.37. The summed E-state index contributed by atoms with van der Waals surface area (Å²) in [6.45, 7) is 5.64. The van der Waals surface area contributed by atoms with Crippen molar-refractivity contribution < 1.29 is 9.53 Å². The van der Waals surface area contributed by atoms with Gasteiger partial charge in [0, 0.05) is 31.9 Å². The number of aryl methyl sites for hydroxylation is 1. The molecule has 3 aromatic carbocycles. The summed E-state index contributed by atoms with van der Waals surface area (Å²) in [7, 11) is 1.34. The molecule has 1 aromatic heterocycles. The van der Waals surface area contributed by atoms with Crippen LogP contribution in [0.15, 0.2) is 77.6 Å². The lowest BCUT2D eigenvalue weighted by atomic mass is 10.1. The molecule has 0 N–H and O–H groups in total. The first-order chi connectivity index (χ1) is 17.0. The summed E-state index contributed by atoms with van der Waals surface area (Å²) >= 11 is 0. The van der Waals surface area contributed by atoms with Crippen molar-refractivity contribution in [2.24, 2.45) is 0 Å². The zero-order valence-electron chi connectivity index (χ0n) is 20.0. The summed E-state index contributed by atoms with van der Waals surface area (Å²) in [4.78, 5) is 35.2. The second-order valence-corrected chi connectivity index (χ2v) is 8.83. The maximum atomic E-state index is 13.6. The van der Waals surface area contributed by atoms with Gasteiger partial charge in [0.2, 0.25) is 5.95 Å². The van der Waals surface area contributed by atoms with E-state index in [2.05, 4.69) is 41.0 Å². The van der Waals surface area contributed by atoms with Gasteiger partial charge in [0.15, 0.2) is 0 Å². The van der Waals surface area contributed by atoms with Crippen LogP contribution in [0.2, 0.25) is 0 Å². The Labute approximate surface area is 204 Å². The molecule has 7 nitrogen and oxygen atoms in total. The van der Waals surface area contributed by atoms with Crippen LogP contribution in [-0.4, -0.2) is 48.8 Å². The Morgan fingerprint density at radius 1 is 0.914 bits per heavy atom. The number of piperazine rings is 1. The average molecular weight is 469 g/mol. The lowest BCUT2D eigenvalue weighted by Crippen LogP contribution is -2.48. The molecule has 0 aliphatic carbocycles. The minimum absolute atomic E-state index is 0.119. The number of anilines is 2. The van der Waals surface area contributed by atoms with Crippen LogP contribution in [0, 0.1) is 6.92 Å². The summed E-state index contributed by atoms with van der Waals surface area (Å²) in [5, 5.41) is 0.482. The van der Waals surface area contributed by atoms with Gasteiger partial charge in [0.25, 0.3) is 5.56 Å². The monoisotopic (exact) mass is 468 g/mol. The minimum Gasteiger partial charge on any atom is -0.465 e. The van der Waals surface area contributed by atoms with Crippen LogP contribution >= 0.6 is 0 Å². The molecule has 1 fully saturated rings. The third-order valence-electron chi connectivity index (χ3n) is 6.47. The van der Waals surface area contributed by atoms with Crippen LogP contribution in [0.25, 0.3) is 10.9 Å². The molecule has 0 atom stereocenters. The van der Waals surface area contributed by atoms with E-state index in [1.807, 2.05) is 30.3 Å². The van der Waals surface area contributed by atoms with E-state index >= 15 is 0 Å². The quantitative estimate of drug-likeness (QED) is 0.415. The van der Waals surface area contributed by atoms with Crippen molar-refractivity contribution in [3.63, 3.8) is 0 Å². The van der Waals surface area contributed by atoms with Crippen molar-refractivity contribution in [1.82, 2.24) is 9.55 Å². The van der Waals surface area contributed by atoms with Crippen molar-refractivity contribution in [1.29, 1.82) is 0 Å². The van der Waals surface area contributed by atoms with Crippen molar-refractivity contribution in [2.45, 2.75) is 13.5 Å². The van der Waals surface area contributed by atoms with Crippen molar-refractivity contribution in [3.05, 3.63) is 99.8 Å². The average Bonchev–Trinajstić information content (AvgIpc) is 2.90. The smallest absolute Gasteiger partial charge is 0.337 e. The number of fused-ring (bicyclic) bond motifs is 1. The van der Waals surface area contributed by atoms with Crippen LogP contribution in [0.4, 0.5) is 11.6 Å². The molecule has 5 rings (SSSR count). The molecule has 7 heteroatoms. The van der Waals surface area contributed by atoms with Gasteiger partial charge >= 0.3 is 5.97 Å². The molecule has 1 aliphatic rings. The van der Waals surface area contributed by atoms with E-state index in [4.69, 9.17) is 9.72 Å². The number of benzene rings is 3. The molecule has 0 unspecified atom stereocenters. The highest BCUT2D eigenvalue weighted by Gasteiger charge is 2.23. The maximum Gasteiger partial charge on any atom is 0.337 e. The molecule has 1 aliphatic heterocycles. The van der Waals surface area contributed by atoms with E-state index in [9.17, 15) is 9.59 Å². The fraction of sp³-hybridized carbons (Fsp3) is 0.250. The maximum absolute atomic E-state index is 13.6. The van der Waals surface area contributed by atoms with E-state index < -0.39 is 5.97 Å². The second kappa shape index (κ2) is 9.62. The molecule has 178 valence electrons. The molecule has 0 amide bonds. The first-order valence-corrected chi connectivity index (χ1v) is 11.8. The minimum atomic E-state index is -0.449. The molecule has 1 saturated heterocycles. The number of methoxy groups -OCH3 is 1. The Morgan fingerprint density at radius 3 is 2.37 bits per heavy atom. The number of esters is 1. The zero-order valence-corrected chi connectivity index (χ0v) is 20.0. The Hall–Kier alpha value is -4.13. The van der Waals surface area contributed by atoms with Crippen molar-refractivity contribution in [3.8, 4) is 0 Å². The highest BCUT2D eigenvalue weighted by Crippen LogP contribution is 2.23. The Bertz CT molecular complexity index is 1420. The molecular formula is C28H28N4O3. The fourth-order valence-corrected chi connectivity index (χ4v) is 4.59. The van der Waals surface area contributed by atoms with Gasteiger partial charge in [0.05, 0.1) is 30.1 Å². The first-order valence-electron chi connectivity index (χ1n) is 11.8. The molecule has 0 saturated carbocycles. The van der Waals surface area contributed by atoms with Gasteiger partial charge in [-0.15, -0.1) is 0 Å². The van der Waals surface area contributed by atoms with E-state index in [0.29, 0.717) is 29.0 Å². The zero-order chi connectivity index (χ0) is 24.4. The van der Waals surface area contributed by atoms with Crippen LogP contribution in [-0.2, 0) is 11.3 Å². The van der Waals surface area contributed by atoms with E-state index in [0.717, 1.165) is 31.7 Å². The Morgan fingerprint density at radius 2 is 1.66 bits per heavy atom. The second-order valence-electron chi connectivity index (χ2n) is 8.83. The number of ether oxygens (including phenoxy) is 1. The van der Waals surface area contributed by atoms with Crippen LogP contribution in [0.1, 0.15) is 21.5 Å².